The molecular weight excluding hydrogens is 418 g/mol. The molecule has 0 saturated carbocycles. The quantitative estimate of drug-likeness (QED) is 0.481. The Hall–Kier alpha value is -3.12. The third kappa shape index (κ3) is 4.40. The van der Waals surface area contributed by atoms with E-state index in [1.165, 1.54) is 0 Å². The van der Waals surface area contributed by atoms with Crippen LogP contribution in [0.4, 0.5) is 0 Å². The highest BCUT2D eigenvalue weighted by Crippen LogP contribution is 2.14. The summed E-state index contributed by atoms with van der Waals surface area (Å²) in [5.74, 6) is 0.692. The first-order valence-electron chi connectivity index (χ1n) is 8.85. The zero-order valence-electron chi connectivity index (χ0n) is 15.0. The first-order chi connectivity index (χ1) is 13.7. The predicted octanol–water partition coefficient (Wildman–Crippen LogP) is 4.61. The summed E-state index contributed by atoms with van der Waals surface area (Å²) in [6.07, 6.45) is 3.84. The van der Waals surface area contributed by atoms with E-state index in [0.717, 1.165) is 27.1 Å². The fourth-order valence-electron chi connectivity index (χ4n) is 2.81. The molecule has 1 amide bonds. The van der Waals surface area contributed by atoms with Crippen LogP contribution in [0, 0.1) is 0 Å². The minimum absolute atomic E-state index is 0.131. The molecule has 2 aromatic carbocycles. The van der Waals surface area contributed by atoms with E-state index in [1.54, 1.807) is 12.1 Å². The molecule has 0 aliphatic rings. The van der Waals surface area contributed by atoms with E-state index in [-0.39, 0.29) is 5.91 Å². The van der Waals surface area contributed by atoms with Crippen molar-refractivity contribution < 1.29 is 9.53 Å². The van der Waals surface area contributed by atoms with Gasteiger partial charge in [0.15, 0.2) is 0 Å². The molecule has 2 heterocycles. The molecule has 0 unspecified atom stereocenters. The van der Waals surface area contributed by atoms with E-state index in [0.29, 0.717) is 18.7 Å². The molecule has 0 bridgehead atoms. The number of amides is 1. The van der Waals surface area contributed by atoms with Crippen LogP contribution < -0.4 is 10.1 Å². The van der Waals surface area contributed by atoms with Crippen LogP contribution in [0.1, 0.15) is 21.6 Å². The number of halogens is 1. The number of hydrogen-bond acceptors (Lipinski definition) is 3. The number of aromatic nitrogens is 2. The van der Waals surface area contributed by atoms with Gasteiger partial charge in [0, 0.05) is 22.4 Å². The van der Waals surface area contributed by atoms with E-state index in [1.807, 2.05) is 71.4 Å². The van der Waals surface area contributed by atoms with E-state index in [2.05, 4.69) is 26.2 Å². The maximum absolute atomic E-state index is 12.4. The monoisotopic (exact) mass is 435 g/mol. The van der Waals surface area contributed by atoms with Gasteiger partial charge in [0.05, 0.1) is 12.2 Å². The normalized spacial score (nSPS) is 10.8. The Labute approximate surface area is 171 Å². The molecule has 0 atom stereocenters. The van der Waals surface area contributed by atoms with Gasteiger partial charge in [-0.1, -0.05) is 30.3 Å². The number of fused-ring (bicyclic) bond motifs is 1. The van der Waals surface area contributed by atoms with Crippen LogP contribution in [0.25, 0.3) is 5.65 Å². The molecule has 0 saturated heterocycles. The number of imidazole rings is 1. The number of carbonyl (C=O) groups excluding carboxylic acids is 1. The minimum atomic E-state index is -0.131. The number of para-hydroxylation sites is 1. The van der Waals surface area contributed by atoms with Crippen LogP contribution in [-0.4, -0.2) is 15.3 Å². The van der Waals surface area contributed by atoms with Crippen molar-refractivity contribution in [2.45, 2.75) is 13.2 Å². The van der Waals surface area contributed by atoms with E-state index in [9.17, 15) is 4.79 Å². The van der Waals surface area contributed by atoms with Crippen molar-refractivity contribution in [2.75, 3.05) is 0 Å². The van der Waals surface area contributed by atoms with E-state index >= 15 is 0 Å². The number of rotatable bonds is 6. The van der Waals surface area contributed by atoms with Gasteiger partial charge in [-0.2, -0.15) is 0 Å². The number of ether oxygens (including phenoxy) is 1. The molecule has 6 heteroatoms. The molecule has 0 fully saturated rings. The molecule has 0 aliphatic carbocycles. The third-order valence-corrected chi connectivity index (χ3v) is 4.73. The van der Waals surface area contributed by atoms with Crippen molar-refractivity contribution in [1.29, 1.82) is 0 Å². The van der Waals surface area contributed by atoms with Crippen LogP contribution in [0.3, 0.4) is 0 Å². The summed E-state index contributed by atoms with van der Waals surface area (Å²) in [5.41, 5.74) is 3.26. The Kier molecular flexibility index (Phi) is 5.39. The van der Waals surface area contributed by atoms with Gasteiger partial charge in [-0.3, -0.25) is 4.79 Å². The van der Waals surface area contributed by atoms with Gasteiger partial charge in [0.1, 0.15) is 18.0 Å². The van der Waals surface area contributed by atoms with Gasteiger partial charge < -0.3 is 14.5 Å². The average molecular weight is 436 g/mol. The number of hydrogen-bond donors (Lipinski definition) is 1. The summed E-state index contributed by atoms with van der Waals surface area (Å²) in [6.45, 7) is 0.833. The highest BCUT2D eigenvalue weighted by atomic mass is 79.9. The molecule has 0 radical (unpaired) electrons. The first kappa shape index (κ1) is 18.3. The lowest BCUT2D eigenvalue weighted by Gasteiger charge is -2.07. The van der Waals surface area contributed by atoms with Gasteiger partial charge >= 0.3 is 0 Å². The van der Waals surface area contributed by atoms with Crippen molar-refractivity contribution in [1.82, 2.24) is 14.7 Å². The number of pyridine rings is 1. The lowest BCUT2D eigenvalue weighted by molar-refractivity contribution is 0.0950. The second-order valence-corrected chi connectivity index (χ2v) is 7.24. The number of carbonyl (C=O) groups is 1. The maximum atomic E-state index is 12.4. The number of nitrogens with one attached hydrogen (secondary N) is 1. The van der Waals surface area contributed by atoms with Crippen molar-refractivity contribution in [3.63, 3.8) is 0 Å². The Balaban J connectivity index is 1.33. The van der Waals surface area contributed by atoms with Gasteiger partial charge in [-0.15, -0.1) is 0 Å². The average Bonchev–Trinajstić information content (AvgIpc) is 3.13. The molecule has 5 nitrogen and oxygen atoms in total. The summed E-state index contributed by atoms with van der Waals surface area (Å²) in [5, 5.41) is 2.91. The van der Waals surface area contributed by atoms with Crippen LogP contribution in [0.2, 0.25) is 0 Å². The second kappa shape index (κ2) is 8.27. The fraction of sp³-hybridized carbons (Fsp3) is 0.0909. The number of nitrogens with zero attached hydrogens (tertiary/aromatic N) is 2. The summed E-state index contributed by atoms with van der Waals surface area (Å²) >= 11 is 3.44. The standard InChI is InChI=1S/C22H18BrN3O2/c23-18-10-11-21-25-19(14-26(21)13-18)12-24-22(27)17-8-6-16(7-9-17)15-28-20-4-2-1-3-5-20/h1-11,13-14H,12,15H2,(H,24,27). The topological polar surface area (TPSA) is 55.6 Å². The Morgan fingerprint density at radius 1 is 1.00 bits per heavy atom. The number of benzene rings is 2. The predicted molar refractivity (Wildman–Crippen MR) is 111 cm³/mol. The second-order valence-electron chi connectivity index (χ2n) is 6.33. The van der Waals surface area contributed by atoms with Crippen LogP contribution in [0.5, 0.6) is 5.75 Å². The van der Waals surface area contributed by atoms with Gasteiger partial charge in [0.2, 0.25) is 0 Å². The molecule has 28 heavy (non-hydrogen) atoms. The smallest absolute Gasteiger partial charge is 0.251 e. The van der Waals surface area contributed by atoms with Crippen LogP contribution in [0.15, 0.2) is 83.6 Å². The molecule has 1 N–H and O–H groups in total. The summed E-state index contributed by atoms with van der Waals surface area (Å²) in [7, 11) is 0. The van der Waals surface area contributed by atoms with Gasteiger partial charge in [0.25, 0.3) is 5.91 Å². The highest BCUT2D eigenvalue weighted by Gasteiger charge is 2.08. The van der Waals surface area contributed by atoms with Gasteiger partial charge in [-0.25, -0.2) is 4.98 Å². The molecule has 140 valence electrons. The SMILES string of the molecule is O=C(NCc1cn2cc(Br)ccc2n1)c1ccc(COc2ccccc2)cc1. The Morgan fingerprint density at radius 2 is 1.79 bits per heavy atom. The minimum Gasteiger partial charge on any atom is -0.489 e. The largest absolute Gasteiger partial charge is 0.489 e. The Morgan fingerprint density at radius 3 is 2.57 bits per heavy atom. The maximum Gasteiger partial charge on any atom is 0.251 e. The van der Waals surface area contributed by atoms with Crippen molar-refractivity contribution >= 4 is 27.5 Å². The third-order valence-electron chi connectivity index (χ3n) is 4.26. The molecule has 0 spiro atoms. The molecule has 4 rings (SSSR count). The van der Waals surface area contributed by atoms with Crippen molar-refractivity contribution in [3.05, 3.63) is 100 Å². The van der Waals surface area contributed by atoms with Gasteiger partial charge in [-0.05, 0) is 57.9 Å². The Bertz CT molecular complexity index is 1090. The lowest BCUT2D eigenvalue weighted by atomic mass is 10.1. The highest BCUT2D eigenvalue weighted by molar-refractivity contribution is 9.10. The van der Waals surface area contributed by atoms with Crippen molar-refractivity contribution in [2.24, 2.45) is 0 Å². The summed E-state index contributed by atoms with van der Waals surface area (Å²) in [4.78, 5) is 16.9. The summed E-state index contributed by atoms with van der Waals surface area (Å²) in [6, 6.07) is 20.9. The molecule has 0 aliphatic heterocycles. The van der Waals surface area contributed by atoms with Crippen molar-refractivity contribution in [3.8, 4) is 5.75 Å². The summed E-state index contributed by atoms with van der Waals surface area (Å²) < 4.78 is 8.62. The van der Waals surface area contributed by atoms with Crippen LogP contribution >= 0.6 is 15.9 Å². The lowest BCUT2D eigenvalue weighted by Crippen LogP contribution is -2.22. The molecule has 2 aromatic heterocycles. The zero-order valence-corrected chi connectivity index (χ0v) is 16.6. The molecule has 4 aromatic rings. The van der Waals surface area contributed by atoms with E-state index in [4.69, 9.17) is 4.74 Å². The fourth-order valence-corrected chi connectivity index (χ4v) is 3.16. The van der Waals surface area contributed by atoms with E-state index < -0.39 is 0 Å². The zero-order chi connectivity index (χ0) is 19.3. The van der Waals surface area contributed by atoms with Crippen LogP contribution in [-0.2, 0) is 13.2 Å². The first-order valence-corrected chi connectivity index (χ1v) is 9.65. The molecular formula is C22H18BrN3O2.